The Balaban J connectivity index is 1.31. The van der Waals surface area contributed by atoms with E-state index >= 15 is 0 Å². The monoisotopic (exact) mass is 473 g/mol. The minimum Gasteiger partial charge on any atom is -0.454 e. The van der Waals surface area contributed by atoms with Crippen LogP contribution in [0.2, 0.25) is 0 Å². The van der Waals surface area contributed by atoms with Gasteiger partial charge in [-0.05, 0) is 42.2 Å². The Kier molecular flexibility index (Phi) is 6.50. The number of amides is 2. The van der Waals surface area contributed by atoms with Crippen LogP contribution in [0.1, 0.15) is 52.0 Å². The average Bonchev–Trinajstić information content (AvgIpc) is 3.35. The average molecular weight is 474 g/mol. The van der Waals surface area contributed by atoms with Crippen LogP contribution in [0.4, 0.5) is 4.39 Å². The molecule has 2 bridgehead atoms. The molecule has 3 aliphatic rings. The second-order valence-corrected chi connectivity index (χ2v) is 10.4. The molecule has 2 amide bonds. The fourth-order valence-corrected chi connectivity index (χ4v) is 5.71. The molecule has 2 aliphatic carbocycles. The maximum Gasteiger partial charge on any atom is 0.329 e. The predicted molar refractivity (Wildman–Crippen MR) is 122 cm³/mol. The zero-order valence-electron chi connectivity index (χ0n) is 19.8. The summed E-state index contributed by atoms with van der Waals surface area (Å²) in [5.41, 5.74) is 3.75. The van der Waals surface area contributed by atoms with Gasteiger partial charge in [0, 0.05) is 24.1 Å². The second kappa shape index (κ2) is 9.09. The molecule has 0 spiro atoms. The molecular formula is C25H32FN3O5. The molecule has 34 heavy (non-hydrogen) atoms. The lowest BCUT2D eigenvalue weighted by molar-refractivity contribution is -0.155. The van der Waals surface area contributed by atoms with E-state index in [0.717, 1.165) is 25.0 Å². The van der Waals surface area contributed by atoms with Crippen LogP contribution >= 0.6 is 0 Å². The molecule has 4 atom stereocenters. The van der Waals surface area contributed by atoms with Gasteiger partial charge in [-0.3, -0.25) is 9.59 Å². The Bertz CT molecular complexity index is 1030. The number of nitrogens with one attached hydrogen (secondary N) is 1. The number of carbonyl (C=O) groups excluding carboxylic acids is 3. The van der Waals surface area contributed by atoms with E-state index in [-0.39, 0.29) is 35.8 Å². The fraction of sp³-hybridized carbons (Fsp3) is 0.600. The first-order chi connectivity index (χ1) is 16.0. The number of rotatable bonds is 6. The largest absolute Gasteiger partial charge is 0.454 e. The highest BCUT2D eigenvalue weighted by molar-refractivity contribution is 5.95. The molecule has 1 aromatic rings. The van der Waals surface area contributed by atoms with Crippen LogP contribution in [-0.4, -0.2) is 58.8 Å². The van der Waals surface area contributed by atoms with E-state index < -0.39 is 42.4 Å². The number of benzene rings is 1. The van der Waals surface area contributed by atoms with Gasteiger partial charge >= 0.3 is 5.97 Å². The van der Waals surface area contributed by atoms with E-state index in [9.17, 15) is 23.9 Å². The van der Waals surface area contributed by atoms with Gasteiger partial charge in [-0.15, -0.1) is 0 Å². The van der Waals surface area contributed by atoms with Crippen LogP contribution in [0, 0.1) is 22.6 Å². The number of hydrazone groups is 1. The highest BCUT2D eigenvalue weighted by Crippen LogP contribution is 2.63. The van der Waals surface area contributed by atoms with Crippen LogP contribution in [0.5, 0.6) is 0 Å². The summed E-state index contributed by atoms with van der Waals surface area (Å²) in [6, 6.07) is 4.87. The summed E-state index contributed by atoms with van der Waals surface area (Å²) in [4.78, 5) is 38.8. The van der Waals surface area contributed by atoms with Crippen molar-refractivity contribution in [3.63, 3.8) is 0 Å². The molecule has 184 valence electrons. The third kappa shape index (κ3) is 4.33. The van der Waals surface area contributed by atoms with Crippen molar-refractivity contribution in [1.29, 1.82) is 0 Å². The van der Waals surface area contributed by atoms with Gasteiger partial charge in [-0.2, -0.15) is 5.10 Å². The summed E-state index contributed by atoms with van der Waals surface area (Å²) in [7, 11) is 0. The summed E-state index contributed by atoms with van der Waals surface area (Å²) in [5.74, 6) is -1.80. The van der Waals surface area contributed by atoms with E-state index in [1.165, 1.54) is 23.1 Å². The summed E-state index contributed by atoms with van der Waals surface area (Å²) < 4.78 is 19.0. The topological polar surface area (TPSA) is 108 Å². The molecule has 1 heterocycles. The zero-order chi connectivity index (χ0) is 24.7. The van der Waals surface area contributed by atoms with Gasteiger partial charge in [0.2, 0.25) is 5.91 Å². The third-order valence-corrected chi connectivity index (χ3v) is 8.34. The lowest BCUT2D eigenvalue weighted by atomic mass is 9.70. The molecule has 9 heteroatoms. The number of β-amino-alcohol motifs (C(OH)–C–C–N with tert-alkyl or cyclic N) is 1. The van der Waals surface area contributed by atoms with Crippen molar-refractivity contribution in [2.24, 2.45) is 21.8 Å². The maximum absolute atomic E-state index is 13.9. The van der Waals surface area contributed by atoms with Crippen molar-refractivity contribution in [3.05, 3.63) is 35.6 Å². The van der Waals surface area contributed by atoms with Crippen molar-refractivity contribution < 1.29 is 28.6 Å². The number of fused-ring (bicyclic) bond motifs is 2. The molecule has 1 aromatic carbocycles. The molecule has 2 N–H and O–H groups in total. The molecule has 4 unspecified atom stereocenters. The highest BCUT2D eigenvalue weighted by Gasteiger charge is 2.60. The number of hydrogen-bond acceptors (Lipinski definition) is 6. The number of likely N-dealkylation sites (tertiary alicyclic amines) is 1. The molecule has 1 saturated heterocycles. The normalized spacial score (nSPS) is 30.6. The Morgan fingerprint density at radius 2 is 2.00 bits per heavy atom. The van der Waals surface area contributed by atoms with Gasteiger partial charge in [0.15, 0.2) is 6.61 Å². The van der Waals surface area contributed by atoms with E-state index in [0.29, 0.717) is 5.92 Å². The predicted octanol–water partition coefficient (Wildman–Crippen LogP) is 2.19. The second-order valence-electron chi connectivity index (χ2n) is 10.4. The number of halogens is 1. The van der Waals surface area contributed by atoms with Gasteiger partial charge in [-0.25, -0.2) is 14.6 Å². The number of esters is 1. The maximum atomic E-state index is 13.9. The molecule has 0 radical (unpaired) electrons. The van der Waals surface area contributed by atoms with Crippen molar-refractivity contribution in [1.82, 2.24) is 10.3 Å². The van der Waals surface area contributed by atoms with Gasteiger partial charge in [0.1, 0.15) is 11.9 Å². The minimum atomic E-state index is -1.03. The minimum absolute atomic E-state index is 0.000586. The first-order valence-corrected chi connectivity index (χ1v) is 11.8. The quantitative estimate of drug-likeness (QED) is 0.486. The van der Waals surface area contributed by atoms with Gasteiger partial charge in [0.25, 0.3) is 5.91 Å². The van der Waals surface area contributed by atoms with Crippen LogP contribution < -0.4 is 5.43 Å². The van der Waals surface area contributed by atoms with E-state index in [2.05, 4.69) is 31.3 Å². The zero-order valence-corrected chi connectivity index (χ0v) is 19.8. The molecule has 0 aromatic heterocycles. The number of ether oxygens (including phenoxy) is 1. The Hall–Kier alpha value is -2.81. The number of nitrogens with zero attached hydrogens (tertiary/aromatic N) is 2. The van der Waals surface area contributed by atoms with E-state index in [1.54, 1.807) is 6.07 Å². The van der Waals surface area contributed by atoms with E-state index in [1.807, 2.05) is 0 Å². The van der Waals surface area contributed by atoms with Crippen LogP contribution in [-0.2, 0) is 25.5 Å². The van der Waals surface area contributed by atoms with E-state index in [4.69, 9.17) is 4.74 Å². The SMILES string of the molecule is CC12CCC(C/C1=N/NC(=O)COC(=O)C1CC(O)CN1C(=O)Cc1ccccc1F)C2(C)C. The summed E-state index contributed by atoms with van der Waals surface area (Å²) in [6.45, 7) is 6.07. The smallest absolute Gasteiger partial charge is 0.329 e. The summed E-state index contributed by atoms with van der Waals surface area (Å²) in [6.07, 6.45) is 1.91. The number of aliphatic hydroxyl groups excluding tert-OH is 1. The number of aliphatic hydroxyl groups is 1. The molecular weight excluding hydrogens is 441 g/mol. The van der Waals surface area contributed by atoms with Crippen LogP contribution in [0.3, 0.4) is 0 Å². The van der Waals surface area contributed by atoms with Crippen molar-refractivity contribution in [2.45, 2.75) is 65.0 Å². The fourth-order valence-electron chi connectivity index (χ4n) is 5.71. The lowest BCUT2D eigenvalue weighted by Gasteiger charge is -2.34. The summed E-state index contributed by atoms with van der Waals surface area (Å²) >= 11 is 0. The first kappa shape index (κ1) is 24.3. The first-order valence-electron chi connectivity index (χ1n) is 11.8. The number of carbonyl (C=O) groups is 3. The Labute approximate surface area is 198 Å². The standard InChI is InChI=1S/C25H32FN3O5/c1-24(2)16-8-9-25(24,3)20(11-16)27-28-21(31)14-34-23(33)19-12-17(30)13-29(19)22(32)10-15-6-4-5-7-18(15)26/h4-7,16-17,19,30H,8-14H2,1-3H3,(H,28,31)/b27-20-. The highest BCUT2D eigenvalue weighted by atomic mass is 19.1. The van der Waals surface area contributed by atoms with Crippen molar-refractivity contribution in [2.75, 3.05) is 13.2 Å². The molecule has 1 aliphatic heterocycles. The lowest BCUT2D eigenvalue weighted by Crippen LogP contribution is -2.43. The Morgan fingerprint density at radius 3 is 2.65 bits per heavy atom. The van der Waals surface area contributed by atoms with Gasteiger partial charge < -0.3 is 14.7 Å². The molecule has 2 saturated carbocycles. The molecule has 4 rings (SSSR count). The number of hydrogen-bond donors (Lipinski definition) is 2. The molecule has 8 nitrogen and oxygen atoms in total. The van der Waals surface area contributed by atoms with Crippen LogP contribution in [0.25, 0.3) is 0 Å². The van der Waals surface area contributed by atoms with Gasteiger partial charge in [-0.1, -0.05) is 39.0 Å². The summed E-state index contributed by atoms with van der Waals surface area (Å²) in [5, 5.41) is 14.4. The van der Waals surface area contributed by atoms with Gasteiger partial charge in [0.05, 0.1) is 12.5 Å². The Morgan fingerprint density at radius 1 is 1.26 bits per heavy atom. The molecule has 3 fully saturated rings. The third-order valence-electron chi connectivity index (χ3n) is 8.34. The van der Waals surface area contributed by atoms with Crippen LogP contribution in [0.15, 0.2) is 29.4 Å². The van der Waals surface area contributed by atoms with Crippen molar-refractivity contribution in [3.8, 4) is 0 Å². The van der Waals surface area contributed by atoms with Crippen molar-refractivity contribution >= 4 is 23.5 Å².